The van der Waals surface area contributed by atoms with Crippen molar-refractivity contribution in [1.29, 1.82) is 0 Å². The van der Waals surface area contributed by atoms with Gasteiger partial charge < -0.3 is 9.42 Å². The molecule has 2 heterocycles. The molecule has 0 atom stereocenters. The number of nitrogens with zero attached hydrogens (tertiary/aromatic N) is 3. The maximum atomic E-state index is 5.03. The minimum Gasteiger partial charge on any atom is -0.364 e. The van der Waals surface area contributed by atoms with Crippen molar-refractivity contribution >= 4 is 18.0 Å². The van der Waals surface area contributed by atoms with Crippen LogP contribution >= 0.6 is 0 Å². The Kier molecular flexibility index (Phi) is 9.60. The second-order valence-corrected chi connectivity index (χ2v) is 5.31. The highest BCUT2D eigenvalue weighted by molar-refractivity contribution is 5.68. The van der Waals surface area contributed by atoms with E-state index >= 15 is 0 Å². The molecular formula is C21H33N3O. The number of pyridine rings is 1. The van der Waals surface area contributed by atoms with Crippen LogP contribution < -0.4 is 15.5 Å². The van der Waals surface area contributed by atoms with Crippen molar-refractivity contribution in [3.05, 3.63) is 29.1 Å². The molecule has 0 fully saturated rings. The van der Waals surface area contributed by atoms with E-state index in [0.29, 0.717) is 0 Å². The van der Waals surface area contributed by atoms with E-state index in [-0.39, 0.29) is 0 Å². The van der Waals surface area contributed by atoms with Gasteiger partial charge in [0.25, 0.3) is 0 Å². The van der Waals surface area contributed by atoms with Crippen molar-refractivity contribution in [3.8, 4) is 11.1 Å². The third-order valence-corrected chi connectivity index (χ3v) is 3.87. The summed E-state index contributed by atoms with van der Waals surface area (Å²) in [7, 11) is 0. The van der Waals surface area contributed by atoms with E-state index < -0.39 is 0 Å². The smallest absolute Gasteiger partial charge is 0.131 e. The average Bonchev–Trinajstić information content (AvgIpc) is 3.23. The summed E-state index contributed by atoms with van der Waals surface area (Å²) in [5.74, 6) is 1.04. The molecule has 0 saturated heterocycles. The van der Waals surface area contributed by atoms with Crippen molar-refractivity contribution in [2.45, 2.75) is 60.8 Å². The van der Waals surface area contributed by atoms with Gasteiger partial charge in [-0.05, 0) is 37.8 Å². The van der Waals surface area contributed by atoms with Crippen LogP contribution in [0.5, 0.6) is 0 Å². The highest BCUT2D eigenvalue weighted by atomic mass is 16.5. The second-order valence-electron chi connectivity index (χ2n) is 5.31. The maximum absolute atomic E-state index is 5.03. The van der Waals surface area contributed by atoms with E-state index in [9.17, 15) is 0 Å². The van der Waals surface area contributed by atoms with Crippen LogP contribution in [-0.4, -0.2) is 23.2 Å². The van der Waals surface area contributed by atoms with Crippen LogP contribution in [0.4, 0.5) is 5.82 Å². The molecule has 0 aliphatic heterocycles. The fraction of sp³-hybridized carbons (Fsp3) is 0.524. The van der Waals surface area contributed by atoms with Crippen LogP contribution in [0, 0.1) is 0 Å². The van der Waals surface area contributed by atoms with Gasteiger partial charge in [0, 0.05) is 23.9 Å². The SMILES string of the molecule is CC.CC.CCCN(CC)c1cc(-c2cnoc2)c2c(n1)=CCCC=2. The Hall–Kier alpha value is -2.10. The van der Waals surface area contributed by atoms with Crippen LogP contribution in [0.3, 0.4) is 0 Å². The monoisotopic (exact) mass is 343 g/mol. The summed E-state index contributed by atoms with van der Waals surface area (Å²) in [4.78, 5) is 7.18. The maximum Gasteiger partial charge on any atom is 0.131 e. The molecule has 3 rings (SSSR count). The van der Waals surface area contributed by atoms with Crippen molar-refractivity contribution in [3.63, 3.8) is 0 Å². The Morgan fingerprint density at radius 1 is 1.08 bits per heavy atom. The van der Waals surface area contributed by atoms with E-state index in [2.05, 4.69) is 42.1 Å². The Labute approximate surface area is 152 Å². The molecular weight excluding hydrogens is 310 g/mol. The lowest BCUT2D eigenvalue weighted by atomic mass is 10.0. The minimum atomic E-state index is 0.965. The fourth-order valence-corrected chi connectivity index (χ4v) is 2.82. The van der Waals surface area contributed by atoms with Crippen LogP contribution in [-0.2, 0) is 0 Å². The molecule has 138 valence electrons. The number of fused-ring (bicyclic) bond motifs is 1. The summed E-state index contributed by atoms with van der Waals surface area (Å²) in [5, 5.41) is 6.14. The van der Waals surface area contributed by atoms with Gasteiger partial charge in [-0.1, -0.05) is 51.9 Å². The molecule has 25 heavy (non-hydrogen) atoms. The summed E-state index contributed by atoms with van der Waals surface area (Å²) in [5.41, 5.74) is 2.19. The summed E-state index contributed by atoms with van der Waals surface area (Å²) in [6, 6.07) is 2.17. The summed E-state index contributed by atoms with van der Waals surface area (Å²) in [6.07, 6.45) is 11.2. The molecule has 0 unspecified atom stereocenters. The Bertz CT molecular complexity index is 720. The van der Waals surface area contributed by atoms with Crippen molar-refractivity contribution in [2.75, 3.05) is 18.0 Å². The highest BCUT2D eigenvalue weighted by Gasteiger charge is 2.12. The first-order chi connectivity index (χ1) is 12.3. The molecule has 0 bridgehead atoms. The van der Waals surface area contributed by atoms with E-state index in [4.69, 9.17) is 9.51 Å². The first-order valence-corrected chi connectivity index (χ1v) is 9.69. The molecule has 4 nitrogen and oxygen atoms in total. The highest BCUT2D eigenvalue weighted by Crippen LogP contribution is 2.19. The Morgan fingerprint density at radius 3 is 2.40 bits per heavy atom. The zero-order valence-corrected chi connectivity index (χ0v) is 16.7. The number of anilines is 1. The minimum absolute atomic E-state index is 0.965. The summed E-state index contributed by atoms with van der Waals surface area (Å²) in [6.45, 7) is 14.4. The third kappa shape index (κ3) is 5.18. The summed E-state index contributed by atoms with van der Waals surface area (Å²) < 4.78 is 5.03. The quantitative estimate of drug-likeness (QED) is 0.808. The van der Waals surface area contributed by atoms with E-state index in [1.165, 1.54) is 10.8 Å². The molecule has 2 aromatic rings. The lowest BCUT2D eigenvalue weighted by molar-refractivity contribution is 0.420. The fourth-order valence-electron chi connectivity index (χ4n) is 2.82. The van der Waals surface area contributed by atoms with E-state index in [1.807, 2.05) is 27.7 Å². The standard InChI is InChI=1S/C17H21N3O.2C2H6/c1-3-9-20(4-2)17-10-15(13-11-18-21-12-13)14-7-5-6-8-16(14)19-17;2*1-2/h7-8,10-12H,3-6,9H2,1-2H3;2*1-2H3. The van der Waals surface area contributed by atoms with E-state index in [1.54, 1.807) is 12.5 Å². The molecule has 0 radical (unpaired) electrons. The topological polar surface area (TPSA) is 42.2 Å². The number of rotatable bonds is 5. The van der Waals surface area contributed by atoms with Crippen molar-refractivity contribution < 1.29 is 4.52 Å². The van der Waals surface area contributed by atoms with E-state index in [0.717, 1.165) is 49.1 Å². The zero-order valence-electron chi connectivity index (χ0n) is 16.7. The van der Waals surface area contributed by atoms with Gasteiger partial charge in [0.1, 0.15) is 12.1 Å². The zero-order chi connectivity index (χ0) is 18.7. The largest absolute Gasteiger partial charge is 0.364 e. The predicted octanol–water partition coefficient (Wildman–Crippen LogP) is 4.38. The van der Waals surface area contributed by atoms with Gasteiger partial charge in [-0.15, -0.1) is 0 Å². The lowest BCUT2D eigenvalue weighted by Gasteiger charge is -2.22. The van der Waals surface area contributed by atoms with Crippen molar-refractivity contribution in [2.24, 2.45) is 0 Å². The first kappa shape index (κ1) is 20.9. The average molecular weight is 344 g/mol. The molecule has 0 saturated carbocycles. The molecule has 0 amide bonds. The van der Waals surface area contributed by atoms with Crippen molar-refractivity contribution in [1.82, 2.24) is 10.1 Å². The lowest BCUT2D eigenvalue weighted by Crippen LogP contribution is -2.35. The molecule has 0 aromatic carbocycles. The van der Waals surface area contributed by atoms with Crippen LogP contribution in [0.1, 0.15) is 60.8 Å². The molecule has 2 aromatic heterocycles. The Balaban J connectivity index is 0.000000730. The molecule has 4 heteroatoms. The van der Waals surface area contributed by atoms with Crippen LogP contribution in [0.25, 0.3) is 23.3 Å². The van der Waals surface area contributed by atoms with Gasteiger partial charge in [0.05, 0.1) is 11.5 Å². The summed E-state index contributed by atoms with van der Waals surface area (Å²) >= 11 is 0. The number of aromatic nitrogens is 2. The number of hydrogen-bond acceptors (Lipinski definition) is 4. The van der Waals surface area contributed by atoms with Gasteiger partial charge in [0.15, 0.2) is 0 Å². The molecule has 1 aliphatic carbocycles. The number of hydrogen-bond donors (Lipinski definition) is 0. The molecule has 1 aliphatic rings. The predicted molar refractivity (Wildman–Crippen MR) is 108 cm³/mol. The molecule has 0 spiro atoms. The van der Waals surface area contributed by atoms with Gasteiger partial charge in [-0.3, -0.25) is 0 Å². The van der Waals surface area contributed by atoms with Gasteiger partial charge in [-0.25, -0.2) is 4.98 Å². The van der Waals surface area contributed by atoms with Gasteiger partial charge in [0.2, 0.25) is 0 Å². The van der Waals surface area contributed by atoms with Crippen LogP contribution in [0.2, 0.25) is 0 Å². The third-order valence-electron chi connectivity index (χ3n) is 3.87. The van der Waals surface area contributed by atoms with Gasteiger partial charge >= 0.3 is 0 Å². The Morgan fingerprint density at radius 2 is 1.80 bits per heavy atom. The normalized spacial score (nSPS) is 11.6. The second kappa shape index (κ2) is 11.5. The first-order valence-electron chi connectivity index (χ1n) is 9.69. The molecule has 0 N–H and O–H groups in total. The van der Waals surface area contributed by atoms with Crippen LogP contribution in [0.15, 0.2) is 23.0 Å². The van der Waals surface area contributed by atoms with Gasteiger partial charge in [-0.2, -0.15) is 0 Å².